The quantitative estimate of drug-likeness (QED) is 0.382. The van der Waals surface area contributed by atoms with E-state index in [0.717, 1.165) is 11.3 Å². The van der Waals surface area contributed by atoms with Crippen LogP contribution in [0, 0.1) is 6.92 Å². The van der Waals surface area contributed by atoms with Crippen LogP contribution in [0.1, 0.15) is 43.6 Å². The van der Waals surface area contributed by atoms with Gasteiger partial charge in [0.1, 0.15) is 4.88 Å². The van der Waals surface area contributed by atoms with Crippen LogP contribution in [-0.2, 0) is 9.53 Å². The summed E-state index contributed by atoms with van der Waals surface area (Å²) in [6.45, 7) is 3.53. The van der Waals surface area contributed by atoms with Crippen molar-refractivity contribution in [3.63, 3.8) is 0 Å². The number of thiophene rings is 1. The SMILES string of the molecule is CCOC(=O)c1sc(N2C(=O)C(O)=C(C(=O)c3cccs3)C2c2ccc(Cl)cc2)nc1C. The molecule has 0 fully saturated rings. The lowest BCUT2D eigenvalue weighted by molar-refractivity contribution is -0.117. The molecule has 10 heteroatoms. The zero-order chi connectivity index (χ0) is 23.0. The minimum atomic E-state index is -0.935. The maximum absolute atomic E-state index is 13.3. The third-order valence-corrected chi connectivity index (χ3v) is 7.09. The highest BCUT2D eigenvalue weighted by molar-refractivity contribution is 7.17. The van der Waals surface area contributed by atoms with Crippen LogP contribution in [0.25, 0.3) is 0 Å². The van der Waals surface area contributed by atoms with Crippen LogP contribution >= 0.6 is 34.3 Å². The van der Waals surface area contributed by atoms with E-state index in [0.29, 0.717) is 21.2 Å². The lowest BCUT2D eigenvalue weighted by Crippen LogP contribution is -2.31. The Kier molecular flexibility index (Phi) is 6.14. The number of rotatable bonds is 6. The van der Waals surface area contributed by atoms with E-state index in [1.807, 2.05) is 0 Å². The van der Waals surface area contributed by atoms with Crippen molar-refractivity contribution in [2.24, 2.45) is 0 Å². The maximum atomic E-state index is 13.3. The summed E-state index contributed by atoms with van der Waals surface area (Å²) in [4.78, 5) is 44.9. The molecule has 4 rings (SSSR count). The summed E-state index contributed by atoms with van der Waals surface area (Å²) in [7, 11) is 0. The van der Waals surface area contributed by atoms with Crippen molar-refractivity contribution in [3.05, 3.63) is 79.1 Å². The van der Waals surface area contributed by atoms with E-state index in [-0.39, 0.29) is 22.2 Å². The molecule has 2 aromatic heterocycles. The Bertz CT molecular complexity index is 1230. The molecule has 3 heterocycles. The van der Waals surface area contributed by atoms with Gasteiger partial charge in [-0.3, -0.25) is 14.5 Å². The van der Waals surface area contributed by atoms with Gasteiger partial charge in [-0.2, -0.15) is 0 Å². The molecule has 0 saturated carbocycles. The molecule has 0 spiro atoms. The summed E-state index contributed by atoms with van der Waals surface area (Å²) in [6, 6.07) is 9.05. The van der Waals surface area contributed by atoms with Gasteiger partial charge in [-0.15, -0.1) is 11.3 Å². The van der Waals surface area contributed by atoms with E-state index in [4.69, 9.17) is 16.3 Å². The number of ether oxygens (including phenoxy) is 1. The average molecular weight is 489 g/mol. The number of halogens is 1. The van der Waals surface area contributed by atoms with Crippen LogP contribution in [0.3, 0.4) is 0 Å². The zero-order valence-corrected chi connectivity index (χ0v) is 19.4. The van der Waals surface area contributed by atoms with Crippen LogP contribution in [0.5, 0.6) is 0 Å². The highest BCUT2D eigenvalue weighted by atomic mass is 35.5. The van der Waals surface area contributed by atoms with Crippen LogP contribution in [0.15, 0.2) is 53.1 Å². The van der Waals surface area contributed by atoms with Gasteiger partial charge in [0.05, 0.1) is 28.8 Å². The molecular formula is C22H17ClN2O5S2. The standard InChI is InChI=1S/C22H17ClN2O5S2/c1-3-30-21(29)19-11(2)24-22(32-19)25-16(12-6-8-13(23)9-7-12)15(18(27)20(25)28)17(26)14-5-4-10-31-14/h4-10,16,27H,3H2,1-2H3. The van der Waals surface area contributed by atoms with Gasteiger partial charge in [0.2, 0.25) is 5.78 Å². The number of benzene rings is 1. The van der Waals surface area contributed by atoms with Crippen LogP contribution < -0.4 is 4.90 Å². The largest absolute Gasteiger partial charge is 0.503 e. The average Bonchev–Trinajstić information content (AvgIpc) is 3.48. The van der Waals surface area contributed by atoms with E-state index >= 15 is 0 Å². The fourth-order valence-corrected chi connectivity index (χ4v) is 5.20. The normalized spacial score (nSPS) is 16.0. The molecular weight excluding hydrogens is 472 g/mol. The first kappa shape index (κ1) is 22.2. The molecule has 0 aliphatic carbocycles. The Morgan fingerprint density at radius 2 is 1.97 bits per heavy atom. The van der Waals surface area contributed by atoms with Gasteiger partial charge in [-0.1, -0.05) is 41.1 Å². The highest BCUT2D eigenvalue weighted by Gasteiger charge is 2.46. The van der Waals surface area contributed by atoms with Crippen LogP contribution in [0.4, 0.5) is 5.13 Å². The third-order valence-electron chi connectivity index (χ3n) is 4.84. The number of hydrogen-bond donors (Lipinski definition) is 1. The number of carbonyl (C=O) groups excluding carboxylic acids is 3. The van der Waals surface area contributed by atoms with Crippen LogP contribution in [0.2, 0.25) is 5.02 Å². The molecule has 1 aliphatic heterocycles. The van der Waals surface area contributed by atoms with E-state index < -0.39 is 29.5 Å². The molecule has 1 N–H and O–H groups in total. The number of aryl methyl sites for hydroxylation is 1. The maximum Gasteiger partial charge on any atom is 0.350 e. The number of aliphatic hydroxyl groups excluding tert-OH is 1. The Labute approximate surface area is 196 Å². The number of carbonyl (C=O) groups is 3. The molecule has 1 atom stereocenters. The summed E-state index contributed by atoms with van der Waals surface area (Å²) in [5.41, 5.74) is 0.909. The van der Waals surface area contributed by atoms with Gasteiger partial charge in [0.15, 0.2) is 10.9 Å². The number of ketones is 1. The number of aromatic nitrogens is 1. The topological polar surface area (TPSA) is 96.8 Å². The molecule has 7 nitrogen and oxygen atoms in total. The second-order valence-corrected chi connectivity index (χ2v) is 9.19. The second kappa shape index (κ2) is 8.85. The number of aliphatic hydroxyl groups is 1. The first-order valence-corrected chi connectivity index (χ1v) is 11.7. The summed E-state index contributed by atoms with van der Waals surface area (Å²) in [5, 5.41) is 13.1. The van der Waals surface area contributed by atoms with Crippen molar-refractivity contribution in [3.8, 4) is 0 Å². The van der Waals surface area contributed by atoms with E-state index in [9.17, 15) is 19.5 Å². The van der Waals surface area contributed by atoms with Gasteiger partial charge in [-0.05, 0) is 43.0 Å². The summed E-state index contributed by atoms with van der Waals surface area (Å²) >= 11 is 8.21. The van der Waals surface area contributed by atoms with E-state index in [2.05, 4.69) is 4.98 Å². The lowest BCUT2D eigenvalue weighted by Gasteiger charge is -2.24. The van der Waals surface area contributed by atoms with Crippen molar-refractivity contribution in [1.82, 2.24) is 4.98 Å². The van der Waals surface area contributed by atoms with Crippen molar-refractivity contribution >= 4 is 57.1 Å². The number of amides is 1. The van der Waals surface area contributed by atoms with E-state index in [1.54, 1.807) is 55.6 Å². The van der Waals surface area contributed by atoms with Gasteiger partial charge < -0.3 is 9.84 Å². The molecule has 1 amide bonds. The van der Waals surface area contributed by atoms with Crippen molar-refractivity contribution < 1.29 is 24.2 Å². The number of Topliss-reactive ketones (excluding diaryl/α,β-unsaturated/α-hetero) is 1. The number of hydrogen-bond acceptors (Lipinski definition) is 8. The van der Waals surface area contributed by atoms with Gasteiger partial charge in [0, 0.05) is 5.02 Å². The Hall–Kier alpha value is -3.01. The molecule has 0 radical (unpaired) electrons. The number of nitrogens with zero attached hydrogens (tertiary/aromatic N) is 2. The zero-order valence-electron chi connectivity index (χ0n) is 17.0. The highest BCUT2D eigenvalue weighted by Crippen LogP contribution is 2.44. The molecule has 1 aromatic carbocycles. The minimum absolute atomic E-state index is 0.0506. The summed E-state index contributed by atoms with van der Waals surface area (Å²) < 4.78 is 5.07. The minimum Gasteiger partial charge on any atom is -0.503 e. The van der Waals surface area contributed by atoms with Crippen molar-refractivity contribution in [2.75, 3.05) is 11.5 Å². The second-order valence-electron chi connectivity index (χ2n) is 6.83. The monoisotopic (exact) mass is 488 g/mol. The molecule has 3 aromatic rings. The Morgan fingerprint density at radius 1 is 1.25 bits per heavy atom. The van der Waals surface area contributed by atoms with Crippen LogP contribution in [-0.4, -0.2) is 34.4 Å². The molecule has 0 saturated heterocycles. The number of anilines is 1. The molecule has 164 valence electrons. The first-order chi connectivity index (χ1) is 15.3. The predicted molar refractivity (Wildman–Crippen MR) is 123 cm³/mol. The van der Waals surface area contributed by atoms with Gasteiger partial charge in [0.25, 0.3) is 5.91 Å². The fraction of sp³-hybridized carbons (Fsp3) is 0.182. The first-order valence-electron chi connectivity index (χ1n) is 9.58. The predicted octanol–water partition coefficient (Wildman–Crippen LogP) is 5.13. The number of esters is 1. The summed E-state index contributed by atoms with van der Waals surface area (Å²) in [6.07, 6.45) is 0. The van der Waals surface area contributed by atoms with Crippen molar-refractivity contribution in [2.45, 2.75) is 19.9 Å². The smallest absolute Gasteiger partial charge is 0.350 e. The summed E-state index contributed by atoms with van der Waals surface area (Å²) in [5.74, 6) is -2.41. The lowest BCUT2D eigenvalue weighted by atomic mass is 9.95. The third kappa shape index (κ3) is 3.83. The molecule has 0 bridgehead atoms. The molecule has 32 heavy (non-hydrogen) atoms. The van der Waals surface area contributed by atoms with Crippen molar-refractivity contribution in [1.29, 1.82) is 0 Å². The number of thiazole rings is 1. The fourth-order valence-electron chi connectivity index (χ4n) is 3.41. The molecule has 1 unspecified atom stereocenters. The molecule has 1 aliphatic rings. The Balaban J connectivity index is 1.84. The van der Waals surface area contributed by atoms with E-state index in [1.165, 1.54) is 16.2 Å². The Morgan fingerprint density at radius 3 is 2.59 bits per heavy atom. The van der Waals surface area contributed by atoms with Gasteiger partial charge >= 0.3 is 5.97 Å². The van der Waals surface area contributed by atoms with Gasteiger partial charge in [-0.25, -0.2) is 9.78 Å².